The van der Waals surface area contributed by atoms with Crippen LogP contribution in [0.4, 0.5) is 0 Å². The molecule has 0 heterocycles. The number of carbonyl (C=O) groups is 1. The molecule has 7 heteroatoms. The molecule has 1 atom stereocenters. The third-order valence-electron chi connectivity index (χ3n) is 4.87. The molecule has 0 bridgehead atoms. The lowest BCUT2D eigenvalue weighted by Crippen LogP contribution is -2.41. The van der Waals surface area contributed by atoms with Gasteiger partial charge in [0.1, 0.15) is 17.6 Å². The van der Waals surface area contributed by atoms with Crippen LogP contribution in [0.3, 0.4) is 0 Å². The summed E-state index contributed by atoms with van der Waals surface area (Å²) in [6.45, 7) is 5.29. The second-order valence-corrected chi connectivity index (χ2v) is 7.78. The largest absolute Gasteiger partial charge is 0.489 e. The highest BCUT2D eigenvalue weighted by molar-refractivity contribution is 5.79. The van der Waals surface area contributed by atoms with Crippen LogP contribution < -0.4 is 25.4 Å². The summed E-state index contributed by atoms with van der Waals surface area (Å²) < 4.78 is 11.6. The molecule has 2 aromatic carbocycles. The van der Waals surface area contributed by atoms with Crippen LogP contribution in [-0.4, -0.2) is 44.2 Å². The van der Waals surface area contributed by atoms with Gasteiger partial charge in [0.05, 0.1) is 6.54 Å². The van der Waals surface area contributed by atoms with Gasteiger partial charge >= 0.3 is 0 Å². The van der Waals surface area contributed by atoms with Crippen LogP contribution in [-0.2, 0) is 11.3 Å². The zero-order chi connectivity index (χ0) is 22.1. The van der Waals surface area contributed by atoms with Crippen molar-refractivity contribution in [3.05, 3.63) is 59.7 Å². The van der Waals surface area contributed by atoms with Gasteiger partial charge in [-0.25, -0.2) is 0 Å². The smallest absolute Gasteiger partial charge is 0.258 e. The van der Waals surface area contributed by atoms with Crippen molar-refractivity contribution in [3.63, 3.8) is 0 Å². The fraction of sp³-hybridized carbons (Fsp3) is 0.417. The third kappa shape index (κ3) is 7.85. The van der Waals surface area contributed by atoms with E-state index >= 15 is 0 Å². The number of nitrogens with one attached hydrogen (secondary N) is 3. The van der Waals surface area contributed by atoms with E-state index in [1.165, 1.54) is 0 Å². The van der Waals surface area contributed by atoms with Crippen molar-refractivity contribution in [2.45, 2.75) is 45.4 Å². The lowest BCUT2D eigenvalue weighted by Gasteiger charge is -2.19. The van der Waals surface area contributed by atoms with Gasteiger partial charge in [-0.1, -0.05) is 30.3 Å². The average molecular weight is 425 g/mol. The van der Waals surface area contributed by atoms with Gasteiger partial charge in [0.2, 0.25) is 0 Å². The molecule has 1 amide bonds. The highest BCUT2D eigenvalue weighted by Crippen LogP contribution is 2.19. The van der Waals surface area contributed by atoms with Crippen molar-refractivity contribution in [1.29, 1.82) is 0 Å². The molecule has 0 saturated heterocycles. The Hall–Kier alpha value is -3.22. The second kappa shape index (κ2) is 11.2. The predicted molar refractivity (Wildman–Crippen MR) is 123 cm³/mol. The van der Waals surface area contributed by atoms with E-state index in [1.807, 2.05) is 62.4 Å². The number of nitrogens with zero attached hydrogens (tertiary/aromatic N) is 1. The van der Waals surface area contributed by atoms with Crippen LogP contribution in [0.15, 0.2) is 53.5 Å². The Morgan fingerprint density at radius 1 is 1.16 bits per heavy atom. The van der Waals surface area contributed by atoms with Gasteiger partial charge in [-0.2, -0.15) is 0 Å². The maximum atomic E-state index is 11.8. The highest BCUT2D eigenvalue weighted by Gasteiger charge is 2.23. The molecule has 7 nitrogen and oxygen atoms in total. The first-order valence-electron chi connectivity index (χ1n) is 10.7. The van der Waals surface area contributed by atoms with Crippen LogP contribution in [0.1, 0.15) is 30.9 Å². The van der Waals surface area contributed by atoms with Crippen LogP contribution in [0.25, 0.3) is 0 Å². The molecule has 1 aliphatic rings. The normalized spacial score (nSPS) is 14.5. The number of ether oxygens (including phenoxy) is 2. The molecule has 1 aliphatic carbocycles. The first kappa shape index (κ1) is 22.5. The van der Waals surface area contributed by atoms with E-state index in [0.29, 0.717) is 30.8 Å². The summed E-state index contributed by atoms with van der Waals surface area (Å²) in [5, 5.41) is 9.50. The summed E-state index contributed by atoms with van der Waals surface area (Å²) in [7, 11) is 1.74. The Morgan fingerprint density at radius 2 is 1.97 bits per heavy atom. The minimum atomic E-state index is -0.0716. The second-order valence-electron chi connectivity index (χ2n) is 7.78. The molecule has 0 radical (unpaired) electrons. The Labute approximate surface area is 184 Å². The topological polar surface area (TPSA) is 84.0 Å². The molecule has 0 aliphatic heterocycles. The summed E-state index contributed by atoms with van der Waals surface area (Å²) in [5.74, 6) is 2.18. The van der Waals surface area contributed by atoms with E-state index in [-0.39, 0.29) is 18.6 Å². The Balaban J connectivity index is 1.41. The van der Waals surface area contributed by atoms with Crippen molar-refractivity contribution < 1.29 is 14.3 Å². The standard InChI is InChI=1S/C24H32N4O3/c1-17-7-4-5-10-22(17)31-18(2)14-26-24(25-3)27-15-19-8-6-9-21(13-19)30-16-23(29)28-20-11-12-20/h4-10,13,18,20H,11-12,14-16H2,1-3H3,(H,28,29)(H2,25,26,27). The fourth-order valence-corrected chi connectivity index (χ4v) is 2.98. The summed E-state index contributed by atoms with van der Waals surface area (Å²) >= 11 is 0. The Kier molecular flexibility index (Phi) is 8.15. The fourth-order valence-electron chi connectivity index (χ4n) is 2.98. The molecule has 31 heavy (non-hydrogen) atoms. The molecule has 1 saturated carbocycles. The molecule has 1 fully saturated rings. The number of aliphatic imine (C=N–C) groups is 1. The molecule has 2 aromatic rings. The zero-order valence-electron chi connectivity index (χ0n) is 18.5. The van der Waals surface area contributed by atoms with Crippen molar-refractivity contribution in [1.82, 2.24) is 16.0 Å². The van der Waals surface area contributed by atoms with Gasteiger partial charge in [0.15, 0.2) is 12.6 Å². The van der Waals surface area contributed by atoms with Crippen molar-refractivity contribution in [2.24, 2.45) is 4.99 Å². The van der Waals surface area contributed by atoms with Gasteiger partial charge in [0, 0.05) is 19.6 Å². The predicted octanol–water partition coefficient (Wildman–Crippen LogP) is 2.78. The SMILES string of the molecule is CN=C(NCc1cccc(OCC(=O)NC2CC2)c1)NCC(C)Oc1ccccc1C. The first-order chi connectivity index (χ1) is 15.0. The van der Waals surface area contributed by atoms with E-state index in [1.54, 1.807) is 7.05 Å². The minimum Gasteiger partial charge on any atom is -0.489 e. The van der Waals surface area contributed by atoms with E-state index < -0.39 is 0 Å². The van der Waals surface area contributed by atoms with E-state index in [2.05, 4.69) is 20.9 Å². The zero-order valence-corrected chi connectivity index (χ0v) is 18.5. The van der Waals surface area contributed by atoms with Gasteiger partial charge in [-0.3, -0.25) is 9.79 Å². The lowest BCUT2D eigenvalue weighted by atomic mass is 10.2. The number of hydrogen-bond acceptors (Lipinski definition) is 4. The maximum absolute atomic E-state index is 11.8. The number of carbonyl (C=O) groups excluding carboxylic acids is 1. The van der Waals surface area contributed by atoms with Crippen LogP contribution in [0, 0.1) is 6.92 Å². The Morgan fingerprint density at radius 3 is 2.71 bits per heavy atom. The van der Waals surface area contributed by atoms with E-state index in [0.717, 1.165) is 29.7 Å². The van der Waals surface area contributed by atoms with E-state index in [9.17, 15) is 4.79 Å². The summed E-state index contributed by atoms with van der Waals surface area (Å²) in [6.07, 6.45) is 2.12. The van der Waals surface area contributed by atoms with Crippen molar-refractivity contribution in [2.75, 3.05) is 20.2 Å². The van der Waals surface area contributed by atoms with Gasteiger partial charge in [-0.05, 0) is 56.0 Å². The van der Waals surface area contributed by atoms with Crippen LogP contribution >= 0.6 is 0 Å². The number of rotatable bonds is 10. The highest BCUT2D eigenvalue weighted by atomic mass is 16.5. The number of benzene rings is 2. The minimum absolute atomic E-state index is 0.0156. The molecule has 1 unspecified atom stereocenters. The number of guanidine groups is 1. The molecule has 0 aromatic heterocycles. The molecular formula is C24H32N4O3. The van der Waals surface area contributed by atoms with Crippen LogP contribution in [0.2, 0.25) is 0 Å². The average Bonchev–Trinajstić information content (AvgIpc) is 3.58. The van der Waals surface area contributed by atoms with Gasteiger partial charge in [0.25, 0.3) is 5.91 Å². The van der Waals surface area contributed by atoms with Crippen molar-refractivity contribution >= 4 is 11.9 Å². The number of para-hydroxylation sites is 1. The summed E-state index contributed by atoms with van der Waals surface area (Å²) in [5.41, 5.74) is 2.15. The quantitative estimate of drug-likeness (QED) is 0.404. The number of hydrogen-bond donors (Lipinski definition) is 3. The maximum Gasteiger partial charge on any atom is 0.258 e. The van der Waals surface area contributed by atoms with Gasteiger partial charge in [-0.15, -0.1) is 0 Å². The number of amides is 1. The summed E-state index contributed by atoms with van der Waals surface area (Å²) in [4.78, 5) is 16.1. The monoisotopic (exact) mass is 424 g/mol. The van der Waals surface area contributed by atoms with E-state index in [4.69, 9.17) is 9.47 Å². The Bertz CT molecular complexity index is 896. The first-order valence-corrected chi connectivity index (χ1v) is 10.7. The molecule has 3 rings (SSSR count). The number of aryl methyl sites for hydroxylation is 1. The van der Waals surface area contributed by atoms with Crippen molar-refractivity contribution in [3.8, 4) is 11.5 Å². The lowest BCUT2D eigenvalue weighted by molar-refractivity contribution is -0.123. The molecular weight excluding hydrogens is 392 g/mol. The molecule has 0 spiro atoms. The van der Waals surface area contributed by atoms with Crippen LogP contribution in [0.5, 0.6) is 11.5 Å². The molecule has 166 valence electrons. The third-order valence-corrected chi connectivity index (χ3v) is 4.87. The van der Waals surface area contributed by atoms with Gasteiger partial charge < -0.3 is 25.4 Å². The summed E-state index contributed by atoms with van der Waals surface area (Å²) in [6, 6.07) is 16.0. The molecule has 3 N–H and O–H groups in total.